The molecule has 0 spiro atoms. The zero-order chi connectivity index (χ0) is 18.6. The van der Waals surface area contributed by atoms with E-state index < -0.39 is 22.0 Å². The lowest BCUT2D eigenvalue weighted by molar-refractivity contribution is -0.117. The highest BCUT2D eigenvalue weighted by Crippen LogP contribution is 2.27. The monoisotopic (exact) mass is 444 g/mol. The molecule has 2 aromatic rings. The molecular weight excluding hydrogens is 428 g/mol. The van der Waals surface area contributed by atoms with Gasteiger partial charge in [0.15, 0.2) is 0 Å². The SMILES string of the molecule is CCC(C(=O)Nc1ccc(Br)c(Cl)c1)N(c1ccccc1)S(C)(=O)=O. The van der Waals surface area contributed by atoms with Gasteiger partial charge < -0.3 is 5.32 Å². The largest absolute Gasteiger partial charge is 0.324 e. The van der Waals surface area contributed by atoms with Gasteiger partial charge in [0.2, 0.25) is 15.9 Å². The van der Waals surface area contributed by atoms with Gasteiger partial charge in [-0.3, -0.25) is 9.10 Å². The number of carbonyl (C=O) groups is 1. The predicted octanol–water partition coefficient (Wildman–Crippen LogP) is 4.29. The highest BCUT2D eigenvalue weighted by atomic mass is 79.9. The fourth-order valence-electron chi connectivity index (χ4n) is 2.43. The molecule has 2 rings (SSSR count). The average Bonchev–Trinajstić information content (AvgIpc) is 2.55. The van der Waals surface area contributed by atoms with Crippen LogP contribution in [0.25, 0.3) is 0 Å². The summed E-state index contributed by atoms with van der Waals surface area (Å²) in [7, 11) is -3.64. The van der Waals surface area contributed by atoms with Crippen LogP contribution in [-0.4, -0.2) is 26.6 Å². The second-order valence-corrected chi connectivity index (χ2v) is 8.56. The second kappa shape index (κ2) is 8.21. The van der Waals surface area contributed by atoms with Gasteiger partial charge in [0.05, 0.1) is 17.0 Å². The first kappa shape index (κ1) is 19.8. The van der Waals surface area contributed by atoms with Crippen molar-refractivity contribution in [3.63, 3.8) is 0 Å². The van der Waals surface area contributed by atoms with Gasteiger partial charge in [0, 0.05) is 10.2 Å². The fourth-order valence-corrected chi connectivity index (χ4v) is 4.07. The highest BCUT2D eigenvalue weighted by Gasteiger charge is 2.31. The molecule has 0 saturated heterocycles. The van der Waals surface area contributed by atoms with Gasteiger partial charge in [-0.15, -0.1) is 0 Å². The smallest absolute Gasteiger partial charge is 0.248 e. The van der Waals surface area contributed by atoms with Gasteiger partial charge in [-0.2, -0.15) is 0 Å². The lowest BCUT2D eigenvalue weighted by Gasteiger charge is -2.30. The summed E-state index contributed by atoms with van der Waals surface area (Å²) in [6.45, 7) is 1.76. The number of hydrogen-bond acceptors (Lipinski definition) is 3. The number of benzene rings is 2. The Morgan fingerprint density at radius 2 is 1.88 bits per heavy atom. The molecule has 8 heteroatoms. The lowest BCUT2D eigenvalue weighted by atomic mass is 10.2. The van der Waals surface area contributed by atoms with Crippen molar-refractivity contribution in [1.82, 2.24) is 0 Å². The number of hydrogen-bond donors (Lipinski definition) is 1. The van der Waals surface area contributed by atoms with E-state index in [1.54, 1.807) is 55.5 Å². The number of para-hydroxylation sites is 1. The summed E-state index contributed by atoms with van der Waals surface area (Å²) in [5, 5.41) is 3.19. The Balaban J connectivity index is 2.34. The number of nitrogens with one attached hydrogen (secondary N) is 1. The number of sulfonamides is 1. The Labute approximate surface area is 161 Å². The first-order valence-corrected chi connectivity index (χ1v) is 10.6. The molecule has 1 N–H and O–H groups in total. The first-order valence-electron chi connectivity index (χ1n) is 7.54. The van der Waals surface area contributed by atoms with Gasteiger partial charge in [-0.1, -0.05) is 36.7 Å². The van der Waals surface area contributed by atoms with Gasteiger partial charge in [0.1, 0.15) is 6.04 Å². The molecule has 1 atom stereocenters. The zero-order valence-electron chi connectivity index (χ0n) is 13.7. The van der Waals surface area contributed by atoms with Gasteiger partial charge >= 0.3 is 0 Å². The van der Waals surface area contributed by atoms with E-state index in [1.165, 1.54) is 0 Å². The molecule has 0 radical (unpaired) electrons. The van der Waals surface area contributed by atoms with Crippen molar-refractivity contribution in [3.05, 3.63) is 58.0 Å². The standard InChI is InChI=1S/C17H18BrClN2O3S/c1-3-16(17(22)20-12-9-10-14(18)15(19)11-12)21(25(2,23)24)13-7-5-4-6-8-13/h4-11,16H,3H2,1-2H3,(H,20,22). The molecule has 0 bridgehead atoms. The lowest BCUT2D eigenvalue weighted by Crippen LogP contribution is -2.46. The Morgan fingerprint density at radius 3 is 2.40 bits per heavy atom. The molecule has 1 amide bonds. The topological polar surface area (TPSA) is 66.5 Å². The van der Waals surface area contributed by atoms with E-state index in [0.29, 0.717) is 27.3 Å². The molecule has 0 heterocycles. The minimum Gasteiger partial charge on any atom is -0.324 e. The van der Waals surface area contributed by atoms with Crippen molar-refractivity contribution in [2.45, 2.75) is 19.4 Å². The quantitative estimate of drug-likeness (QED) is 0.721. The van der Waals surface area contributed by atoms with Crippen molar-refractivity contribution >= 4 is 54.8 Å². The molecule has 0 aliphatic rings. The minimum atomic E-state index is -3.64. The molecule has 0 fully saturated rings. The number of carbonyl (C=O) groups excluding carboxylic acids is 1. The van der Waals surface area contributed by atoms with Crippen LogP contribution in [0.4, 0.5) is 11.4 Å². The second-order valence-electron chi connectivity index (χ2n) is 5.44. The van der Waals surface area contributed by atoms with E-state index in [0.717, 1.165) is 10.6 Å². The molecule has 1 unspecified atom stereocenters. The molecule has 2 aromatic carbocycles. The van der Waals surface area contributed by atoms with Crippen molar-refractivity contribution in [2.75, 3.05) is 15.9 Å². The number of anilines is 2. The third kappa shape index (κ3) is 4.96. The Kier molecular flexibility index (Phi) is 6.48. The first-order chi connectivity index (χ1) is 11.7. The summed E-state index contributed by atoms with van der Waals surface area (Å²) in [5.41, 5.74) is 0.944. The fraction of sp³-hybridized carbons (Fsp3) is 0.235. The molecule has 0 saturated carbocycles. The van der Waals surface area contributed by atoms with E-state index in [-0.39, 0.29) is 0 Å². The van der Waals surface area contributed by atoms with E-state index in [1.807, 2.05) is 0 Å². The van der Waals surface area contributed by atoms with Crippen molar-refractivity contribution in [3.8, 4) is 0 Å². The third-order valence-electron chi connectivity index (χ3n) is 3.53. The normalized spacial score (nSPS) is 12.5. The maximum absolute atomic E-state index is 12.7. The Bertz CT molecular complexity index is 859. The van der Waals surface area contributed by atoms with Gasteiger partial charge in [-0.25, -0.2) is 8.42 Å². The van der Waals surface area contributed by atoms with Crippen molar-refractivity contribution in [1.29, 1.82) is 0 Å². The Morgan fingerprint density at radius 1 is 1.24 bits per heavy atom. The number of amides is 1. The van der Waals surface area contributed by atoms with E-state index in [2.05, 4.69) is 21.2 Å². The molecule has 134 valence electrons. The predicted molar refractivity (Wildman–Crippen MR) is 106 cm³/mol. The average molecular weight is 446 g/mol. The molecule has 25 heavy (non-hydrogen) atoms. The molecule has 5 nitrogen and oxygen atoms in total. The summed E-state index contributed by atoms with van der Waals surface area (Å²) < 4.78 is 26.5. The molecule has 0 aromatic heterocycles. The molecule has 0 aliphatic carbocycles. The minimum absolute atomic E-state index is 0.318. The van der Waals surface area contributed by atoms with Gasteiger partial charge in [0.25, 0.3) is 0 Å². The molecular formula is C17H18BrClN2O3S. The van der Waals surface area contributed by atoms with Crippen LogP contribution in [0, 0.1) is 0 Å². The van der Waals surface area contributed by atoms with Crippen LogP contribution in [0.2, 0.25) is 5.02 Å². The number of nitrogens with zero attached hydrogens (tertiary/aromatic N) is 1. The van der Waals surface area contributed by atoms with Crippen molar-refractivity contribution in [2.24, 2.45) is 0 Å². The maximum atomic E-state index is 12.7. The van der Waals surface area contributed by atoms with Crippen LogP contribution >= 0.6 is 27.5 Å². The van der Waals surface area contributed by atoms with E-state index >= 15 is 0 Å². The number of rotatable bonds is 6. The van der Waals surface area contributed by atoms with Crippen LogP contribution < -0.4 is 9.62 Å². The number of halogens is 2. The summed E-state index contributed by atoms with van der Waals surface area (Å²) >= 11 is 9.32. The van der Waals surface area contributed by atoms with Crippen LogP contribution in [-0.2, 0) is 14.8 Å². The summed E-state index contributed by atoms with van der Waals surface area (Å²) in [4.78, 5) is 12.7. The molecule has 0 aliphatic heterocycles. The van der Waals surface area contributed by atoms with Crippen LogP contribution in [0.3, 0.4) is 0 Å². The van der Waals surface area contributed by atoms with E-state index in [9.17, 15) is 13.2 Å². The third-order valence-corrected chi connectivity index (χ3v) is 5.94. The van der Waals surface area contributed by atoms with Gasteiger partial charge in [-0.05, 0) is 52.7 Å². The summed E-state index contributed by atoms with van der Waals surface area (Å²) in [6.07, 6.45) is 1.41. The maximum Gasteiger partial charge on any atom is 0.248 e. The van der Waals surface area contributed by atoms with Crippen molar-refractivity contribution < 1.29 is 13.2 Å². The summed E-state index contributed by atoms with van der Waals surface area (Å²) in [6, 6.07) is 12.7. The zero-order valence-corrected chi connectivity index (χ0v) is 16.9. The highest BCUT2D eigenvalue weighted by molar-refractivity contribution is 9.10. The van der Waals surface area contributed by atoms with Crippen LogP contribution in [0.1, 0.15) is 13.3 Å². The van der Waals surface area contributed by atoms with Crippen LogP contribution in [0.5, 0.6) is 0 Å². The summed E-state index contributed by atoms with van der Waals surface area (Å²) in [5.74, 6) is -0.421. The Hall–Kier alpha value is -1.57. The van der Waals surface area contributed by atoms with E-state index in [4.69, 9.17) is 11.6 Å². The van der Waals surface area contributed by atoms with Crippen LogP contribution in [0.15, 0.2) is 53.0 Å².